The predicted molar refractivity (Wildman–Crippen MR) is 113 cm³/mol. The monoisotopic (exact) mass is 430 g/mol. The number of anilines is 1. The molecule has 1 aromatic heterocycles. The van der Waals surface area contributed by atoms with Crippen LogP contribution in [0.25, 0.3) is 0 Å². The van der Waals surface area contributed by atoms with Crippen LogP contribution in [0.5, 0.6) is 11.5 Å². The summed E-state index contributed by atoms with van der Waals surface area (Å²) in [6, 6.07) is 13.0. The number of hydrogen-bond acceptors (Lipinski definition) is 6. The summed E-state index contributed by atoms with van der Waals surface area (Å²) >= 11 is 1.30. The van der Waals surface area contributed by atoms with Crippen LogP contribution in [0.2, 0.25) is 0 Å². The summed E-state index contributed by atoms with van der Waals surface area (Å²) in [6.07, 6.45) is 0. The molecule has 1 amide bonds. The van der Waals surface area contributed by atoms with Crippen molar-refractivity contribution in [3.8, 4) is 11.5 Å². The van der Waals surface area contributed by atoms with Crippen molar-refractivity contribution in [3.05, 3.63) is 60.2 Å². The topological polar surface area (TPSA) is 78.3 Å². The highest BCUT2D eigenvalue weighted by molar-refractivity contribution is 7.99. The quantitative estimate of drug-likeness (QED) is 0.487. The Morgan fingerprint density at radius 3 is 2.37 bits per heavy atom. The largest absolute Gasteiger partial charge is 0.494 e. The second kappa shape index (κ2) is 10.6. The zero-order chi connectivity index (χ0) is 21.3. The summed E-state index contributed by atoms with van der Waals surface area (Å²) < 4.78 is 25.9. The van der Waals surface area contributed by atoms with Crippen LogP contribution in [0.1, 0.15) is 19.7 Å². The molecule has 0 aliphatic rings. The number of aromatic nitrogens is 3. The van der Waals surface area contributed by atoms with E-state index < -0.39 is 0 Å². The standard InChI is InChI=1S/C21H23FN4O3S/c1-3-26-19(13-29-18-9-5-15(22)6-10-18)24-25-21(26)30-14-20(27)23-16-7-11-17(12-8-16)28-4-2/h5-12H,3-4,13-14H2,1-2H3,(H,23,27). The first-order valence-electron chi connectivity index (χ1n) is 9.55. The molecule has 0 unspecified atom stereocenters. The van der Waals surface area contributed by atoms with Crippen molar-refractivity contribution in [1.82, 2.24) is 14.8 Å². The molecule has 0 aliphatic carbocycles. The van der Waals surface area contributed by atoms with E-state index in [1.807, 2.05) is 30.5 Å². The zero-order valence-corrected chi connectivity index (χ0v) is 17.6. The number of nitrogens with zero attached hydrogens (tertiary/aromatic N) is 3. The molecular weight excluding hydrogens is 407 g/mol. The van der Waals surface area contributed by atoms with Crippen LogP contribution in [0.4, 0.5) is 10.1 Å². The number of rotatable bonds is 10. The maximum absolute atomic E-state index is 13.0. The minimum atomic E-state index is -0.318. The molecule has 0 saturated heterocycles. The van der Waals surface area contributed by atoms with Gasteiger partial charge in [-0.05, 0) is 62.4 Å². The number of hydrogen-bond donors (Lipinski definition) is 1. The van der Waals surface area contributed by atoms with E-state index in [4.69, 9.17) is 9.47 Å². The van der Waals surface area contributed by atoms with Crippen molar-refractivity contribution in [3.63, 3.8) is 0 Å². The van der Waals surface area contributed by atoms with Crippen molar-refractivity contribution in [2.45, 2.75) is 32.2 Å². The lowest BCUT2D eigenvalue weighted by molar-refractivity contribution is -0.113. The maximum atomic E-state index is 13.0. The molecule has 0 atom stereocenters. The smallest absolute Gasteiger partial charge is 0.234 e. The maximum Gasteiger partial charge on any atom is 0.234 e. The van der Waals surface area contributed by atoms with E-state index in [0.29, 0.717) is 35.6 Å². The molecule has 0 fully saturated rings. The molecule has 3 aromatic rings. The minimum absolute atomic E-state index is 0.140. The van der Waals surface area contributed by atoms with Crippen molar-refractivity contribution >= 4 is 23.4 Å². The Morgan fingerprint density at radius 2 is 1.70 bits per heavy atom. The highest BCUT2D eigenvalue weighted by atomic mass is 32.2. The first-order chi connectivity index (χ1) is 14.6. The van der Waals surface area contributed by atoms with E-state index in [2.05, 4.69) is 15.5 Å². The molecule has 0 spiro atoms. The highest BCUT2D eigenvalue weighted by Gasteiger charge is 2.14. The van der Waals surface area contributed by atoms with E-state index in [-0.39, 0.29) is 24.1 Å². The third kappa shape index (κ3) is 5.96. The van der Waals surface area contributed by atoms with Gasteiger partial charge in [-0.1, -0.05) is 11.8 Å². The number of benzene rings is 2. The predicted octanol–water partition coefficient (Wildman–Crippen LogP) is 4.15. The van der Waals surface area contributed by atoms with E-state index >= 15 is 0 Å². The lowest BCUT2D eigenvalue weighted by atomic mass is 10.3. The Morgan fingerprint density at radius 1 is 1.03 bits per heavy atom. The fourth-order valence-electron chi connectivity index (χ4n) is 2.66. The lowest BCUT2D eigenvalue weighted by Crippen LogP contribution is -2.15. The normalized spacial score (nSPS) is 10.6. The van der Waals surface area contributed by atoms with Gasteiger partial charge in [0.25, 0.3) is 0 Å². The Bertz CT molecular complexity index is 961. The van der Waals surface area contributed by atoms with Gasteiger partial charge in [-0.25, -0.2) is 4.39 Å². The van der Waals surface area contributed by atoms with Crippen molar-refractivity contribution in [2.24, 2.45) is 0 Å². The van der Waals surface area contributed by atoms with Crippen molar-refractivity contribution in [2.75, 3.05) is 17.7 Å². The fourth-order valence-corrected chi connectivity index (χ4v) is 3.48. The van der Waals surface area contributed by atoms with Crippen LogP contribution in [-0.2, 0) is 17.9 Å². The third-order valence-corrected chi connectivity index (χ3v) is 5.04. The highest BCUT2D eigenvalue weighted by Crippen LogP contribution is 2.20. The van der Waals surface area contributed by atoms with Crippen LogP contribution in [0.3, 0.4) is 0 Å². The van der Waals surface area contributed by atoms with Gasteiger partial charge in [-0.15, -0.1) is 10.2 Å². The number of halogens is 1. The fraction of sp³-hybridized carbons (Fsp3) is 0.286. The second-order valence-corrected chi connectivity index (χ2v) is 7.12. The van der Waals surface area contributed by atoms with Gasteiger partial charge in [0.05, 0.1) is 12.4 Å². The van der Waals surface area contributed by atoms with Gasteiger partial charge in [-0.3, -0.25) is 4.79 Å². The molecule has 30 heavy (non-hydrogen) atoms. The SMILES string of the molecule is CCOc1ccc(NC(=O)CSc2nnc(COc3ccc(F)cc3)n2CC)cc1. The number of amides is 1. The molecule has 0 bridgehead atoms. The van der Waals surface area contributed by atoms with Crippen molar-refractivity contribution in [1.29, 1.82) is 0 Å². The summed E-state index contributed by atoms with van der Waals surface area (Å²) in [4.78, 5) is 12.3. The molecule has 7 nitrogen and oxygen atoms in total. The number of carbonyl (C=O) groups is 1. The van der Waals surface area contributed by atoms with Crippen LogP contribution in [-0.4, -0.2) is 33.0 Å². The van der Waals surface area contributed by atoms with E-state index in [0.717, 1.165) is 5.75 Å². The van der Waals surface area contributed by atoms with E-state index in [1.54, 1.807) is 24.3 Å². The molecule has 3 rings (SSSR count). The van der Waals surface area contributed by atoms with E-state index in [9.17, 15) is 9.18 Å². The summed E-state index contributed by atoms with van der Waals surface area (Å²) in [5, 5.41) is 11.8. The first-order valence-corrected chi connectivity index (χ1v) is 10.5. The minimum Gasteiger partial charge on any atom is -0.494 e. The third-order valence-electron chi connectivity index (χ3n) is 4.07. The van der Waals surface area contributed by atoms with Gasteiger partial charge in [0, 0.05) is 12.2 Å². The molecule has 158 valence electrons. The number of ether oxygens (including phenoxy) is 2. The summed E-state index contributed by atoms with van der Waals surface area (Å²) in [6.45, 7) is 5.32. The second-order valence-electron chi connectivity index (χ2n) is 6.18. The molecule has 0 aliphatic heterocycles. The van der Waals surface area contributed by atoms with Gasteiger partial charge >= 0.3 is 0 Å². The molecule has 0 saturated carbocycles. The van der Waals surface area contributed by atoms with Gasteiger partial charge in [-0.2, -0.15) is 0 Å². The molecule has 1 heterocycles. The lowest BCUT2D eigenvalue weighted by Gasteiger charge is -2.09. The van der Waals surface area contributed by atoms with Gasteiger partial charge in [0.2, 0.25) is 5.91 Å². The Hall–Kier alpha value is -3.07. The Balaban J connectivity index is 1.53. The van der Waals surface area contributed by atoms with Gasteiger partial charge < -0.3 is 19.4 Å². The molecule has 2 aromatic carbocycles. The molecule has 9 heteroatoms. The average Bonchev–Trinajstić information content (AvgIpc) is 3.15. The molecule has 1 N–H and O–H groups in total. The van der Waals surface area contributed by atoms with Crippen LogP contribution < -0.4 is 14.8 Å². The van der Waals surface area contributed by atoms with Crippen LogP contribution >= 0.6 is 11.8 Å². The van der Waals surface area contributed by atoms with Crippen LogP contribution in [0.15, 0.2) is 53.7 Å². The Labute approximate surface area is 178 Å². The first kappa shape index (κ1) is 21.6. The number of nitrogens with one attached hydrogen (secondary N) is 1. The number of thioether (sulfide) groups is 1. The average molecular weight is 431 g/mol. The summed E-state index contributed by atoms with van der Waals surface area (Å²) in [5.41, 5.74) is 0.703. The number of carbonyl (C=O) groups excluding carboxylic acids is 1. The summed E-state index contributed by atoms with van der Waals surface area (Å²) in [7, 11) is 0. The van der Waals surface area contributed by atoms with E-state index in [1.165, 1.54) is 23.9 Å². The van der Waals surface area contributed by atoms with Crippen LogP contribution in [0, 0.1) is 5.82 Å². The van der Waals surface area contributed by atoms with Gasteiger partial charge in [0.1, 0.15) is 23.9 Å². The van der Waals surface area contributed by atoms with Gasteiger partial charge in [0.15, 0.2) is 11.0 Å². The summed E-state index contributed by atoms with van der Waals surface area (Å²) in [5.74, 6) is 1.68. The van der Waals surface area contributed by atoms with Crippen molar-refractivity contribution < 1.29 is 18.7 Å². The molecular formula is C21H23FN4O3S. The Kier molecular flexibility index (Phi) is 7.67. The zero-order valence-electron chi connectivity index (χ0n) is 16.8. The molecule has 0 radical (unpaired) electrons.